The van der Waals surface area contributed by atoms with Crippen molar-refractivity contribution in [2.24, 2.45) is 5.92 Å². The van der Waals surface area contributed by atoms with Gasteiger partial charge in [-0.05, 0) is 44.4 Å². The van der Waals surface area contributed by atoms with Gasteiger partial charge in [0, 0.05) is 32.4 Å². The van der Waals surface area contributed by atoms with Gasteiger partial charge in [0.25, 0.3) is 0 Å². The summed E-state index contributed by atoms with van der Waals surface area (Å²) < 4.78 is 5.54. The molecule has 4 heteroatoms. The molecule has 0 amide bonds. The van der Waals surface area contributed by atoms with Gasteiger partial charge in [-0.2, -0.15) is 0 Å². The first-order chi connectivity index (χ1) is 9.20. The summed E-state index contributed by atoms with van der Waals surface area (Å²) in [5, 5.41) is 3.17. The lowest BCUT2D eigenvalue weighted by Gasteiger charge is -2.28. The van der Waals surface area contributed by atoms with Crippen LogP contribution in [0, 0.1) is 12.8 Å². The van der Waals surface area contributed by atoms with E-state index in [2.05, 4.69) is 36.3 Å². The van der Waals surface area contributed by atoms with Crippen LogP contribution < -0.4 is 10.2 Å². The highest BCUT2D eigenvalue weighted by Gasteiger charge is 2.16. The van der Waals surface area contributed by atoms with Crippen LogP contribution in [-0.4, -0.2) is 38.8 Å². The number of hydrogen-bond donors (Lipinski definition) is 1. The zero-order valence-corrected chi connectivity index (χ0v) is 12.3. The van der Waals surface area contributed by atoms with Gasteiger partial charge in [0.05, 0.1) is 6.61 Å². The molecule has 1 atom stereocenters. The van der Waals surface area contributed by atoms with E-state index in [0.29, 0.717) is 5.92 Å². The molecule has 1 saturated heterocycles. The smallest absolute Gasteiger partial charge is 0.128 e. The van der Waals surface area contributed by atoms with E-state index in [1.54, 1.807) is 0 Å². The Labute approximate surface area is 116 Å². The molecule has 1 unspecified atom stereocenters. The second-order valence-corrected chi connectivity index (χ2v) is 5.41. The van der Waals surface area contributed by atoms with Crippen LogP contribution in [0.3, 0.4) is 0 Å². The largest absolute Gasteiger partial charge is 0.381 e. The van der Waals surface area contributed by atoms with Gasteiger partial charge in [-0.25, -0.2) is 4.98 Å². The lowest BCUT2D eigenvalue weighted by molar-refractivity contribution is 0.0576. The van der Waals surface area contributed by atoms with Crippen molar-refractivity contribution in [1.29, 1.82) is 0 Å². The molecule has 1 fully saturated rings. The van der Waals surface area contributed by atoms with Crippen LogP contribution in [0.4, 0.5) is 5.82 Å². The molecule has 2 rings (SSSR count). The van der Waals surface area contributed by atoms with Crippen molar-refractivity contribution in [3.8, 4) is 0 Å². The van der Waals surface area contributed by atoms with Crippen LogP contribution in [0.25, 0.3) is 0 Å². The van der Waals surface area contributed by atoms with Crippen LogP contribution in [0.2, 0.25) is 0 Å². The van der Waals surface area contributed by atoms with Crippen LogP contribution in [0.15, 0.2) is 12.1 Å². The second kappa shape index (κ2) is 6.87. The van der Waals surface area contributed by atoms with E-state index in [1.165, 1.54) is 18.4 Å². The highest BCUT2D eigenvalue weighted by atomic mass is 16.5. The fourth-order valence-corrected chi connectivity index (χ4v) is 2.60. The standard InChI is InChI=1S/C15H25N3O/c1-12-14(9-16-2)6-7-15(17-12)18(3)10-13-5-4-8-19-11-13/h6-7,13,16H,4-5,8-11H2,1-3H3. The lowest BCUT2D eigenvalue weighted by Crippen LogP contribution is -2.31. The van der Waals surface area contributed by atoms with Crippen molar-refractivity contribution in [1.82, 2.24) is 10.3 Å². The summed E-state index contributed by atoms with van der Waals surface area (Å²) in [6, 6.07) is 4.28. The Hall–Kier alpha value is -1.13. The van der Waals surface area contributed by atoms with Crippen LogP contribution >= 0.6 is 0 Å². The van der Waals surface area contributed by atoms with Gasteiger partial charge in [-0.3, -0.25) is 0 Å². The number of aromatic nitrogens is 1. The predicted octanol–water partition coefficient (Wildman–Crippen LogP) is 1.97. The van der Waals surface area contributed by atoms with Crippen molar-refractivity contribution in [2.45, 2.75) is 26.3 Å². The molecular formula is C15H25N3O. The summed E-state index contributed by atoms with van der Waals surface area (Å²) in [5.74, 6) is 1.70. The fourth-order valence-electron chi connectivity index (χ4n) is 2.60. The van der Waals surface area contributed by atoms with E-state index in [0.717, 1.165) is 37.8 Å². The number of aryl methyl sites for hydroxylation is 1. The molecule has 1 aliphatic rings. The van der Waals surface area contributed by atoms with E-state index in [9.17, 15) is 0 Å². The molecule has 2 heterocycles. The first kappa shape index (κ1) is 14.3. The third-order valence-electron chi connectivity index (χ3n) is 3.73. The Balaban J connectivity index is 1.98. The highest BCUT2D eigenvalue weighted by Crippen LogP contribution is 2.19. The zero-order valence-electron chi connectivity index (χ0n) is 12.3. The molecule has 0 aliphatic carbocycles. The first-order valence-electron chi connectivity index (χ1n) is 7.10. The molecule has 0 aromatic carbocycles. The Morgan fingerprint density at radius 2 is 2.32 bits per heavy atom. The SMILES string of the molecule is CNCc1ccc(N(C)CC2CCCOC2)nc1C. The molecule has 1 aromatic heterocycles. The molecule has 1 aromatic rings. The summed E-state index contributed by atoms with van der Waals surface area (Å²) in [6.07, 6.45) is 2.45. The average Bonchev–Trinajstić information content (AvgIpc) is 2.42. The van der Waals surface area contributed by atoms with Gasteiger partial charge in [0.15, 0.2) is 0 Å². The predicted molar refractivity (Wildman–Crippen MR) is 78.6 cm³/mol. The molecular weight excluding hydrogens is 238 g/mol. The Bertz CT molecular complexity index is 402. The van der Waals surface area contributed by atoms with Crippen LogP contribution in [-0.2, 0) is 11.3 Å². The summed E-state index contributed by atoms with van der Waals surface area (Å²) in [5.41, 5.74) is 2.37. The Kier molecular flexibility index (Phi) is 5.16. The van der Waals surface area contributed by atoms with Crippen molar-refractivity contribution in [3.05, 3.63) is 23.4 Å². The normalized spacial score (nSPS) is 19.4. The number of hydrogen-bond acceptors (Lipinski definition) is 4. The average molecular weight is 263 g/mol. The number of rotatable bonds is 5. The number of ether oxygens (including phenoxy) is 1. The van der Waals surface area contributed by atoms with E-state index in [-0.39, 0.29) is 0 Å². The van der Waals surface area contributed by atoms with Crippen molar-refractivity contribution in [3.63, 3.8) is 0 Å². The van der Waals surface area contributed by atoms with Crippen molar-refractivity contribution >= 4 is 5.82 Å². The Morgan fingerprint density at radius 1 is 1.47 bits per heavy atom. The third-order valence-corrected chi connectivity index (χ3v) is 3.73. The number of nitrogens with zero attached hydrogens (tertiary/aromatic N) is 2. The molecule has 1 aliphatic heterocycles. The maximum absolute atomic E-state index is 5.54. The highest BCUT2D eigenvalue weighted by molar-refractivity contribution is 5.40. The number of pyridine rings is 1. The molecule has 1 N–H and O–H groups in total. The van der Waals surface area contributed by atoms with E-state index in [1.807, 2.05) is 7.05 Å². The van der Waals surface area contributed by atoms with E-state index in [4.69, 9.17) is 9.72 Å². The molecule has 19 heavy (non-hydrogen) atoms. The molecule has 106 valence electrons. The minimum absolute atomic E-state index is 0.637. The fraction of sp³-hybridized carbons (Fsp3) is 0.667. The molecule has 0 radical (unpaired) electrons. The monoisotopic (exact) mass is 263 g/mol. The molecule has 0 spiro atoms. The maximum atomic E-state index is 5.54. The van der Waals surface area contributed by atoms with E-state index < -0.39 is 0 Å². The summed E-state index contributed by atoms with van der Waals surface area (Å²) in [6.45, 7) is 5.79. The van der Waals surface area contributed by atoms with E-state index >= 15 is 0 Å². The van der Waals surface area contributed by atoms with Gasteiger partial charge in [-0.1, -0.05) is 6.07 Å². The van der Waals surface area contributed by atoms with Gasteiger partial charge in [0.2, 0.25) is 0 Å². The third kappa shape index (κ3) is 3.91. The summed E-state index contributed by atoms with van der Waals surface area (Å²) >= 11 is 0. The van der Waals surface area contributed by atoms with Gasteiger partial charge < -0.3 is 15.0 Å². The van der Waals surface area contributed by atoms with Crippen LogP contribution in [0.5, 0.6) is 0 Å². The number of nitrogens with one attached hydrogen (secondary N) is 1. The van der Waals surface area contributed by atoms with Gasteiger partial charge >= 0.3 is 0 Å². The van der Waals surface area contributed by atoms with Crippen LogP contribution in [0.1, 0.15) is 24.1 Å². The first-order valence-corrected chi connectivity index (χ1v) is 7.10. The summed E-state index contributed by atoms with van der Waals surface area (Å²) in [7, 11) is 4.08. The summed E-state index contributed by atoms with van der Waals surface area (Å²) in [4.78, 5) is 6.95. The minimum atomic E-state index is 0.637. The minimum Gasteiger partial charge on any atom is -0.381 e. The number of anilines is 1. The quantitative estimate of drug-likeness (QED) is 0.881. The van der Waals surface area contributed by atoms with Gasteiger partial charge in [-0.15, -0.1) is 0 Å². The van der Waals surface area contributed by atoms with Crippen molar-refractivity contribution in [2.75, 3.05) is 38.8 Å². The molecule has 0 saturated carbocycles. The molecule has 0 bridgehead atoms. The van der Waals surface area contributed by atoms with Crippen molar-refractivity contribution < 1.29 is 4.74 Å². The zero-order chi connectivity index (χ0) is 13.7. The molecule has 4 nitrogen and oxygen atoms in total. The second-order valence-electron chi connectivity index (χ2n) is 5.41. The topological polar surface area (TPSA) is 37.4 Å². The Morgan fingerprint density at radius 3 is 2.95 bits per heavy atom. The maximum Gasteiger partial charge on any atom is 0.128 e. The van der Waals surface area contributed by atoms with Gasteiger partial charge in [0.1, 0.15) is 5.82 Å². The lowest BCUT2D eigenvalue weighted by atomic mass is 10.0.